The van der Waals surface area contributed by atoms with Crippen molar-refractivity contribution in [3.05, 3.63) is 62.5 Å². The average Bonchev–Trinajstić information content (AvgIpc) is 2.78. The van der Waals surface area contributed by atoms with Crippen molar-refractivity contribution in [1.29, 1.82) is 0 Å². The molecule has 0 saturated heterocycles. The highest BCUT2D eigenvalue weighted by atomic mass is 79.9. The van der Waals surface area contributed by atoms with Crippen LogP contribution in [0.4, 0.5) is 5.69 Å². The van der Waals surface area contributed by atoms with Crippen LogP contribution in [0.5, 0.6) is 0 Å². The summed E-state index contributed by atoms with van der Waals surface area (Å²) in [4.78, 5) is 28.9. The first-order valence-corrected chi connectivity index (χ1v) is 7.12. The molecule has 0 radical (unpaired) electrons. The molecule has 0 aliphatic carbocycles. The second-order valence-corrected chi connectivity index (χ2v) is 5.58. The molecular formula is C15H12BrN3O2. The largest absolute Gasteiger partial charge is 0.323 e. The maximum atomic E-state index is 12.3. The molecule has 3 rings (SSSR count). The normalized spacial score (nSPS) is 10.8. The average molecular weight is 346 g/mol. The van der Waals surface area contributed by atoms with Gasteiger partial charge in [0.2, 0.25) is 0 Å². The van der Waals surface area contributed by atoms with Crippen molar-refractivity contribution in [2.75, 3.05) is 5.32 Å². The van der Waals surface area contributed by atoms with Crippen LogP contribution in [0.25, 0.3) is 11.0 Å². The molecule has 0 bridgehead atoms. The third-order valence-electron chi connectivity index (χ3n) is 3.24. The van der Waals surface area contributed by atoms with Crippen LogP contribution >= 0.6 is 15.9 Å². The van der Waals surface area contributed by atoms with Crippen LogP contribution in [-0.2, 0) is 0 Å². The number of hydrogen-bond acceptors (Lipinski definition) is 2. The summed E-state index contributed by atoms with van der Waals surface area (Å²) in [5.41, 5.74) is 3.17. The molecule has 106 valence electrons. The lowest BCUT2D eigenvalue weighted by molar-refractivity contribution is 0.102. The van der Waals surface area contributed by atoms with E-state index in [1.165, 1.54) is 0 Å². The molecule has 0 unspecified atom stereocenters. The van der Waals surface area contributed by atoms with Gasteiger partial charge in [-0.05, 0) is 46.6 Å². The smallest absolute Gasteiger partial charge is 0.321 e. The number of nitrogens with one attached hydrogen (secondary N) is 3. The number of aromatic amines is 2. The van der Waals surface area contributed by atoms with Crippen molar-refractivity contribution in [1.82, 2.24) is 9.97 Å². The van der Waals surface area contributed by atoms with Crippen molar-refractivity contribution in [3.8, 4) is 0 Å². The lowest BCUT2D eigenvalue weighted by Crippen LogP contribution is -2.13. The topological polar surface area (TPSA) is 77.8 Å². The molecule has 3 aromatic rings. The van der Waals surface area contributed by atoms with Gasteiger partial charge in [0, 0.05) is 10.0 Å². The molecule has 0 atom stereocenters. The quantitative estimate of drug-likeness (QED) is 0.666. The predicted molar refractivity (Wildman–Crippen MR) is 85.8 cm³/mol. The molecule has 2 aromatic carbocycles. The zero-order chi connectivity index (χ0) is 15.0. The summed E-state index contributed by atoms with van der Waals surface area (Å²) in [5, 5.41) is 2.85. The number of carbonyl (C=O) groups is 1. The van der Waals surface area contributed by atoms with Crippen LogP contribution in [0.1, 0.15) is 15.9 Å². The molecule has 0 fully saturated rings. The summed E-state index contributed by atoms with van der Waals surface area (Å²) >= 11 is 3.40. The molecular weight excluding hydrogens is 334 g/mol. The molecule has 0 aliphatic heterocycles. The molecule has 21 heavy (non-hydrogen) atoms. The van der Waals surface area contributed by atoms with Crippen LogP contribution in [0.3, 0.4) is 0 Å². The highest BCUT2D eigenvalue weighted by molar-refractivity contribution is 9.10. The number of imidazole rings is 1. The summed E-state index contributed by atoms with van der Waals surface area (Å²) in [7, 11) is 0. The van der Waals surface area contributed by atoms with Crippen molar-refractivity contribution < 1.29 is 4.79 Å². The van der Waals surface area contributed by atoms with Gasteiger partial charge in [-0.25, -0.2) is 4.79 Å². The number of benzene rings is 2. The number of anilines is 1. The lowest BCUT2D eigenvalue weighted by Gasteiger charge is -2.09. The molecule has 6 heteroatoms. The SMILES string of the molecule is Cc1ccccc1C(=O)Nc1cc2[nH]c(=O)[nH]c2cc1Br. The van der Waals surface area contributed by atoms with E-state index in [1.807, 2.05) is 25.1 Å². The Hall–Kier alpha value is -2.34. The van der Waals surface area contributed by atoms with Crippen LogP contribution in [0, 0.1) is 6.92 Å². The van der Waals surface area contributed by atoms with E-state index in [9.17, 15) is 9.59 Å². The Balaban J connectivity index is 1.98. The molecule has 5 nitrogen and oxygen atoms in total. The second-order valence-electron chi connectivity index (χ2n) is 4.73. The van der Waals surface area contributed by atoms with Gasteiger partial charge >= 0.3 is 5.69 Å². The van der Waals surface area contributed by atoms with E-state index in [4.69, 9.17) is 0 Å². The third kappa shape index (κ3) is 2.62. The minimum Gasteiger partial charge on any atom is -0.321 e. The highest BCUT2D eigenvalue weighted by Crippen LogP contribution is 2.27. The van der Waals surface area contributed by atoms with Gasteiger partial charge in [-0.3, -0.25) is 4.79 Å². The number of aromatic nitrogens is 2. The van der Waals surface area contributed by atoms with E-state index < -0.39 is 0 Å². The molecule has 1 heterocycles. The van der Waals surface area contributed by atoms with Crippen molar-refractivity contribution in [2.24, 2.45) is 0 Å². The third-order valence-corrected chi connectivity index (χ3v) is 3.90. The Bertz CT molecular complexity index is 895. The molecule has 1 amide bonds. The number of halogens is 1. The molecule has 0 aliphatic rings. The van der Waals surface area contributed by atoms with Gasteiger partial charge in [0.15, 0.2) is 0 Å². The lowest BCUT2D eigenvalue weighted by atomic mass is 10.1. The second kappa shape index (κ2) is 5.21. The highest BCUT2D eigenvalue weighted by Gasteiger charge is 2.12. The fourth-order valence-corrected chi connectivity index (χ4v) is 2.61. The Kier molecular flexibility index (Phi) is 3.39. The van der Waals surface area contributed by atoms with E-state index in [-0.39, 0.29) is 11.6 Å². The van der Waals surface area contributed by atoms with Crippen molar-refractivity contribution in [2.45, 2.75) is 6.92 Å². The van der Waals surface area contributed by atoms with Crippen LogP contribution in [0.15, 0.2) is 45.7 Å². The van der Waals surface area contributed by atoms with Gasteiger partial charge in [-0.2, -0.15) is 0 Å². The van der Waals surface area contributed by atoms with Gasteiger partial charge in [0.05, 0.1) is 16.7 Å². The first-order valence-electron chi connectivity index (χ1n) is 6.33. The number of fused-ring (bicyclic) bond motifs is 1. The Labute approximate surface area is 128 Å². The van der Waals surface area contributed by atoms with Crippen molar-refractivity contribution >= 4 is 38.6 Å². The van der Waals surface area contributed by atoms with E-state index >= 15 is 0 Å². The van der Waals surface area contributed by atoms with E-state index in [0.29, 0.717) is 26.8 Å². The molecule has 0 saturated carbocycles. The number of hydrogen-bond donors (Lipinski definition) is 3. The van der Waals surface area contributed by atoms with E-state index in [2.05, 4.69) is 31.2 Å². The van der Waals surface area contributed by atoms with Gasteiger partial charge in [-0.15, -0.1) is 0 Å². The summed E-state index contributed by atoms with van der Waals surface area (Å²) in [5.74, 6) is -0.189. The number of rotatable bonds is 2. The molecule has 0 spiro atoms. The van der Waals surface area contributed by atoms with Gasteiger partial charge in [-0.1, -0.05) is 18.2 Å². The number of amides is 1. The van der Waals surface area contributed by atoms with E-state index in [1.54, 1.807) is 18.2 Å². The Morgan fingerprint density at radius 3 is 2.52 bits per heavy atom. The first kappa shape index (κ1) is 13.6. The van der Waals surface area contributed by atoms with Gasteiger partial charge in [0.1, 0.15) is 0 Å². The van der Waals surface area contributed by atoms with E-state index in [0.717, 1.165) is 5.56 Å². The van der Waals surface area contributed by atoms with Gasteiger partial charge < -0.3 is 15.3 Å². The number of H-pyrrole nitrogens is 2. The number of carbonyl (C=O) groups excluding carboxylic acids is 1. The summed E-state index contributed by atoms with van der Waals surface area (Å²) < 4.78 is 0.701. The molecule has 3 N–H and O–H groups in total. The van der Waals surface area contributed by atoms with Crippen molar-refractivity contribution in [3.63, 3.8) is 0 Å². The number of aryl methyl sites for hydroxylation is 1. The zero-order valence-electron chi connectivity index (χ0n) is 11.2. The maximum Gasteiger partial charge on any atom is 0.323 e. The van der Waals surface area contributed by atoms with Crippen LogP contribution in [-0.4, -0.2) is 15.9 Å². The standard InChI is InChI=1S/C15H12BrN3O2/c1-8-4-2-3-5-9(8)14(20)17-11-7-13-12(6-10(11)16)18-15(21)19-13/h2-7H,1H3,(H,17,20)(H2,18,19,21). The molecule has 1 aromatic heterocycles. The first-order chi connectivity index (χ1) is 10.0. The zero-order valence-corrected chi connectivity index (χ0v) is 12.7. The van der Waals surface area contributed by atoms with Crippen LogP contribution < -0.4 is 11.0 Å². The summed E-state index contributed by atoms with van der Waals surface area (Å²) in [6, 6.07) is 10.8. The fraction of sp³-hybridized carbons (Fsp3) is 0.0667. The fourth-order valence-electron chi connectivity index (χ4n) is 2.17. The minimum atomic E-state index is -0.278. The minimum absolute atomic E-state index is 0.189. The maximum absolute atomic E-state index is 12.3. The Morgan fingerprint density at radius 1 is 1.14 bits per heavy atom. The summed E-state index contributed by atoms with van der Waals surface area (Å²) in [6.45, 7) is 1.89. The summed E-state index contributed by atoms with van der Waals surface area (Å²) in [6.07, 6.45) is 0. The van der Waals surface area contributed by atoms with Crippen LogP contribution in [0.2, 0.25) is 0 Å². The monoisotopic (exact) mass is 345 g/mol. The Morgan fingerprint density at radius 2 is 1.81 bits per heavy atom. The van der Waals surface area contributed by atoms with Gasteiger partial charge in [0.25, 0.3) is 5.91 Å². The predicted octanol–water partition coefficient (Wildman–Crippen LogP) is 3.18.